The quantitative estimate of drug-likeness (QED) is 0.309. The monoisotopic (exact) mass is 508 g/mol. The number of likely N-dealkylation sites (tertiary alicyclic amines) is 1. The van der Waals surface area contributed by atoms with Gasteiger partial charge in [0.1, 0.15) is 0 Å². The molecule has 0 aromatic carbocycles. The molecular weight excluding hydrogens is 467 g/mol. The van der Waals surface area contributed by atoms with E-state index in [9.17, 15) is 4.79 Å². The number of piperazine rings is 1. The van der Waals surface area contributed by atoms with Crippen molar-refractivity contribution in [3.8, 4) is 0 Å². The summed E-state index contributed by atoms with van der Waals surface area (Å²) in [6.07, 6.45) is 2.77. The van der Waals surface area contributed by atoms with Crippen molar-refractivity contribution in [3.63, 3.8) is 0 Å². The summed E-state index contributed by atoms with van der Waals surface area (Å²) < 4.78 is 0. The van der Waals surface area contributed by atoms with E-state index in [-0.39, 0.29) is 29.9 Å². The Morgan fingerprint density at radius 3 is 2.25 bits per heavy atom. The molecular formula is C20H41IN6O. The van der Waals surface area contributed by atoms with Gasteiger partial charge in [-0.15, -0.1) is 24.0 Å². The molecule has 28 heavy (non-hydrogen) atoms. The highest BCUT2D eigenvalue weighted by atomic mass is 127. The van der Waals surface area contributed by atoms with E-state index in [2.05, 4.69) is 44.2 Å². The molecule has 0 bridgehead atoms. The molecule has 164 valence electrons. The highest BCUT2D eigenvalue weighted by Crippen LogP contribution is 2.20. The van der Waals surface area contributed by atoms with Crippen LogP contribution in [0.25, 0.3) is 0 Å². The van der Waals surface area contributed by atoms with Crippen LogP contribution < -0.4 is 10.6 Å². The van der Waals surface area contributed by atoms with Crippen molar-refractivity contribution in [2.75, 3.05) is 73.0 Å². The molecule has 2 saturated heterocycles. The second-order valence-corrected chi connectivity index (χ2v) is 8.08. The third-order valence-electron chi connectivity index (χ3n) is 5.97. The summed E-state index contributed by atoms with van der Waals surface area (Å²) in [7, 11) is 3.59. The normalized spacial score (nSPS) is 21.1. The van der Waals surface area contributed by atoms with Crippen LogP contribution in [0.5, 0.6) is 0 Å². The highest BCUT2D eigenvalue weighted by molar-refractivity contribution is 14.0. The Kier molecular flexibility index (Phi) is 12.3. The fourth-order valence-corrected chi connectivity index (χ4v) is 4.10. The van der Waals surface area contributed by atoms with Crippen LogP contribution in [0.1, 0.15) is 33.1 Å². The Bertz CT molecular complexity index is 473. The van der Waals surface area contributed by atoms with Crippen molar-refractivity contribution >= 4 is 35.8 Å². The number of aliphatic imine (C=N–C) groups is 1. The van der Waals surface area contributed by atoms with Gasteiger partial charge in [0.2, 0.25) is 5.91 Å². The van der Waals surface area contributed by atoms with Gasteiger partial charge < -0.3 is 25.3 Å². The highest BCUT2D eigenvalue weighted by Gasteiger charge is 2.23. The van der Waals surface area contributed by atoms with Gasteiger partial charge in [0.05, 0.1) is 0 Å². The summed E-state index contributed by atoms with van der Waals surface area (Å²) in [5.74, 6) is 2.27. The molecule has 1 unspecified atom stereocenters. The molecule has 7 nitrogen and oxygen atoms in total. The summed E-state index contributed by atoms with van der Waals surface area (Å²) in [5, 5.41) is 6.31. The predicted molar refractivity (Wildman–Crippen MR) is 127 cm³/mol. The van der Waals surface area contributed by atoms with Crippen molar-refractivity contribution in [2.24, 2.45) is 16.8 Å². The van der Waals surface area contributed by atoms with Gasteiger partial charge in [0.25, 0.3) is 0 Å². The number of guanidine groups is 1. The summed E-state index contributed by atoms with van der Waals surface area (Å²) in [4.78, 5) is 23.5. The van der Waals surface area contributed by atoms with Gasteiger partial charge in [0.15, 0.2) is 5.96 Å². The zero-order valence-electron chi connectivity index (χ0n) is 18.2. The SMILES string of the molecule is CCN1CCN(CC(C)CNC(=NC)N2CCC(CC(=O)NC)CC2)CC1.I. The van der Waals surface area contributed by atoms with Crippen LogP contribution >= 0.6 is 24.0 Å². The van der Waals surface area contributed by atoms with E-state index in [0.717, 1.165) is 45.0 Å². The smallest absolute Gasteiger partial charge is 0.220 e. The van der Waals surface area contributed by atoms with Crippen LogP contribution in [0.3, 0.4) is 0 Å². The number of hydrogen-bond donors (Lipinski definition) is 2. The van der Waals surface area contributed by atoms with Crippen molar-refractivity contribution < 1.29 is 4.79 Å². The number of likely N-dealkylation sites (N-methyl/N-ethyl adjacent to an activating group) is 1. The Labute approximate surface area is 188 Å². The first-order valence-corrected chi connectivity index (χ1v) is 10.7. The second-order valence-electron chi connectivity index (χ2n) is 8.08. The Hall–Kier alpha value is -0.610. The molecule has 2 rings (SSSR count). The number of halogens is 1. The molecule has 1 amide bonds. The molecule has 2 fully saturated rings. The Morgan fingerprint density at radius 2 is 1.71 bits per heavy atom. The lowest BCUT2D eigenvalue weighted by Gasteiger charge is -2.36. The molecule has 2 heterocycles. The van der Waals surface area contributed by atoms with E-state index in [1.165, 1.54) is 32.7 Å². The largest absolute Gasteiger partial charge is 0.359 e. The maximum absolute atomic E-state index is 11.6. The third-order valence-corrected chi connectivity index (χ3v) is 5.97. The average molecular weight is 508 g/mol. The zero-order chi connectivity index (χ0) is 19.6. The number of carbonyl (C=O) groups is 1. The molecule has 0 aromatic heterocycles. The number of carbonyl (C=O) groups excluding carboxylic acids is 1. The lowest BCUT2D eigenvalue weighted by molar-refractivity contribution is -0.121. The standard InChI is InChI=1S/C20H40N6O.HI/c1-5-24-10-12-25(13-11-24)16-17(2)15-23-20(22-4)26-8-6-18(7-9-26)14-19(27)21-3;/h17-18H,5-16H2,1-4H3,(H,21,27)(H,22,23);1H. The van der Waals surface area contributed by atoms with E-state index in [0.29, 0.717) is 18.3 Å². The molecule has 1 atom stereocenters. The summed E-state index contributed by atoms with van der Waals surface area (Å²) in [6, 6.07) is 0. The van der Waals surface area contributed by atoms with Gasteiger partial charge >= 0.3 is 0 Å². The zero-order valence-corrected chi connectivity index (χ0v) is 20.6. The molecule has 0 aliphatic carbocycles. The number of amides is 1. The lowest BCUT2D eigenvalue weighted by atomic mass is 9.93. The first kappa shape index (κ1) is 25.4. The maximum Gasteiger partial charge on any atom is 0.220 e. The summed E-state index contributed by atoms with van der Waals surface area (Å²) in [5.41, 5.74) is 0. The van der Waals surface area contributed by atoms with Gasteiger partial charge in [-0.2, -0.15) is 0 Å². The molecule has 2 N–H and O–H groups in total. The van der Waals surface area contributed by atoms with E-state index in [1.807, 2.05) is 7.05 Å². The molecule has 2 aliphatic rings. The van der Waals surface area contributed by atoms with E-state index in [1.54, 1.807) is 7.05 Å². The topological polar surface area (TPSA) is 63.2 Å². The van der Waals surface area contributed by atoms with Crippen molar-refractivity contribution in [2.45, 2.75) is 33.1 Å². The van der Waals surface area contributed by atoms with Crippen LogP contribution in [-0.2, 0) is 4.79 Å². The van der Waals surface area contributed by atoms with E-state index in [4.69, 9.17) is 0 Å². The predicted octanol–water partition coefficient (Wildman–Crippen LogP) is 1.30. The first-order valence-electron chi connectivity index (χ1n) is 10.7. The molecule has 8 heteroatoms. The van der Waals surface area contributed by atoms with Gasteiger partial charge in [-0.25, -0.2) is 0 Å². The molecule has 0 saturated carbocycles. The number of piperidine rings is 1. The fraction of sp³-hybridized carbons (Fsp3) is 0.900. The van der Waals surface area contributed by atoms with Gasteiger partial charge in [-0.05, 0) is 31.2 Å². The number of nitrogens with one attached hydrogen (secondary N) is 2. The minimum Gasteiger partial charge on any atom is -0.359 e. The molecule has 0 radical (unpaired) electrons. The third kappa shape index (κ3) is 8.41. The van der Waals surface area contributed by atoms with Crippen molar-refractivity contribution in [1.29, 1.82) is 0 Å². The maximum atomic E-state index is 11.6. The van der Waals surface area contributed by atoms with Crippen molar-refractivity contribution in [1.82, 2.24) is 25.3 Å². The van der Waals surface area contributed by atoms with Gasteiger partial charge in [0, 0.05) is 72.9 Å². The number of hydrogen-bond acceptors (Lipinski definition) is 4. The number of rotatable bonds is 7. The minimum absolute atomic E-state index is 0. The van der Waals surface area contributed by atoms with Gasteiger partial charge in [-0.1, -0.05) is 13.8 Å². The fourth-order valence-electron chi connectivity index (χ4n) is 4.10. The van der Waals surface area contributed by atoms with Crippen LogP contribution in [-0.4, -0.2) is 99.6 Å². The summed E-state index contributed by atoms with van der Waals surface area (Å²) in [6.45, 7) is 14.6. The van der Waals surface area contributed by atoms with Gasteiger partial charge in [-0.3, -0.25) is 9.79 Å². The Morgan fingerprint density at radius 1 is 1.11 bits per heavy atom. The first-order chi connectivity index (χ1) is 13.0. The molecule has 0 aromatic rings. The minimum atomic E-state index is 0. The molecule has 2 aliphatic heterocycles. The van der Waals surface area contributed by atoms with Crippen LogP contribution in [0.15, 0.2) is 4.99 Å². The van der Waals surface area contributed by atoms with Crippen LogP contribution in [0.4, 0.5) is 0 Å². The molecule has 0 spiro atoms. The van der Waals surface area contributed by atoms with Crippen LogP contribution in [0, 0.1) is 11.8 Å². The summed E-state index contributed by atoms with van der Waals surface area (Å²) >= 11 is 0. The van der Waals surface area contributed by atoms with Crippen molar-refractivity contribution in [3.05, 3.63) is 0 Å². The van der Waals surface area contributed by atoms with Crippen LogP contribution in [0.2, 0.25) is 0 Å². The number of nitrogens with zero attached hydrogens (tertiary/aromatic N) is 4. The van der Waals surface area contributed by atoms with E-state index < -0.39 is 0 Å². The lowest BCUT2D eigenvalue weighted by Crippen LogP contribution is -2.50. The Balaban J connectivity index is 0.00000392. The average Bonchev–Trinajstić information content (AvgIpc) is 2.70. The van der Waals surface area contributed by atoms with E-state index >= 15 is 0 Å². The second kappa shape index (κ2) is 13.6.